The third kappa shape index (κ3) is 3.83. The summed E-state index contributed by atoms with van der Waals surface area (Å²) < 4.78 is 16.4. The fourth-order valence-corrected chi connectivity index (χ4v) is 3.08. The van der Waals surface area contributed by atoms with Crippen LogP contribution in [0.3, 0.4) is 0 Å². The second-order valence-corrected chi connectivity index (χ2v) is 6.30. The Hall–Kier alpha value is -3.19. The van der Waals surface area contributed by atoms with Gasteiger partial charge in [0, 0.05) is 31.5 Å². The van der Waals surface area contributed by atoms with E-state index >= 15 is 0 Å². The second-order valence-electron chi connectivity index (χ2n) is 6.30. The standard InChI is InChI=1S/C20H19N3O4/c1-25-11-16-3-5-19(26-16)20(24)23-10-17-7-14-6-13(2-4-18(14)27-17)15-8-21-12-22-9-15/h2-6,8-9,12,17H,7,10-11H2,1H3,(H,23,24). The van der Waals surface area contributed by atoms with Gasteiger partial charge in [0.05, 0.1) is 6.54 Å². The number of nitrogens with one attached hydrogen (secondary N) is 1. The van der Waals surface area contributed by atoms with Crippen LogP contribution in [0.2, 0.25) is 0 Å². The van der Waals surface area contributed by atoms with E-state index in [1.165, 1.54) is 6.33 Å². The third-order valence-electron chi connectivity index (χ3n) is 4.36. The van der Waals surface area contributed by atoms with Crippen molar-refractivity contribution in [3.8, 4) is 16.9 Å². The van der Waals surface area contributed by atoms with E-state index in [9.17, 15) is 4.79 Å². The lowest BCUT2D eigenvalue weighted by atomic mass is 10.0. The van der Waals surface area contributed by atoms with Crippen LogP contribution < -0.4 is 10.1 Å². The van der Waals surface area contributed by atoms with Gasteiger partial charge in [-0.25, -0.2) is 9.97 Å². The van der Waals surface area contributed by atoms with Crippen molar-refractivity contribution < 1.29 is 18.7 Å². The average Bonchev–Trinajstić information content (AvgIpc) is 3.33. The highest BCUT2D eigenvalue weighted by Crippen LogP contribution is 2.32. The maximum Gasteiger partial charge on any atom is 0.287 e. The molecule has 4 rings (SSSR count). The SMILES string of the molecule is COCc1ccc(C(=O)NCC2Cc3cc(-c4cncnc4)ccc3O2)o1. The number of carbonyl (C=O) groups excluding carboxylic acids is 1. The van der Waals surface area contributed by atoms with Crippen molar-refractivity contribution in [3.05, 3.63) is 66.1 Å². The van der Waals surface area contributed by atoms with Crippen LogP contribution in [-0.2, 0) is 17.8 Å². The minimum atomic E-state index is -0.265. The van der Waals surface area contributed by atoms with Crippen LogP contribution in [0, 0.1) is 0 Å². The lowest BCUT2D eigenvalue weighted by molar-refractivity contribution is 0.0897. The predicted molar refractivity (Wildman–Crippen MR) is 97.3 cm³/mol. The van der Waals surface area contributed by atoms with E-state index in [4.69, 9.17) is 13.9 Å². The Kier molecular flexibility index (Phi) is 4.84. The van der Waals surface area contributed by atoms with Crippen molar-refractivity contribution >= 4 is 5.91 Å². The van der Waals surface area contributed by atoms with Gasteiger partial charge in [0.15, 0.2) is 5.76 Å². The molecule has 7 nitrogen and oxygen atoms in total. The summed E-state index contributed by atoms with van der Waals surface area (Å²) >= 11 is 0. The molecule has 0 fully saturated rings. The van der Waals surface area contributed by atoms with Crippen LogP contribution in [0.15, 0.2) is 53.5 Å². The van der Waals surface area contributed by atoms with Gasteiger partial charge >= 0.3 is 0 Å². The van der Waals surface area contributed by atoms with Crippen LogP contribution in [0.1, 0.15) is 21.9 Å². The molecule has 1 atom stereocenters. The Morgan fingerprint density at radius 2 is 2.07 bits per heavy atom. The highest BCUT2D eigenvalue weighted by Gasteiger charge is 2.24. The van der Waals surface area contributed by atoms with E-state index in [0.29, 0.717) is 18.9 Å². The van der Waals surface area contributed by atoms with Gasteiger partial charge < -0.3 is 19.2 Å². The smallest absolute Gasteiger partial charge is 0.287 e. The fraction of sp³-hybridized carbons (Fsp3) is 0.250. The van der Waals surface area contributed by atoms with Crippen LogP contribution in [0.25, 0.3) is 11.1 Å². The van der Waals surface area contributed by atoms with Gasteiger partial charge in [0.1, 0.15) is 30.5 Å². The lowest BCUT2D eigenvalue weighted by Gasteiger charge is -2.11. The topological polar surface area (TPSA) is 86.5 Å². The van der Waals surface area contributed by atoms with E-state index in [1.54, 1.807) is 31.6 Å². The van der Waals surface area contributed by atoms with Gasteiger partial charge in [-0.2, -0.15) is 0 Å². The molecular weight excluding hydrogens is 346 g/mol. The number of hydrogen-bond acceptors (Lipinski definition) is 6. The zero-order valence-corrected chi connectivity index (χ0v) is 14.8. The van der Waals surface area contributed by atoms with Crippen LogP contribution >= 0.6 is 0 Å². The summed E-state index contributed by atoms with van der Waals surface area (Å²) in [6.45, 7) is 0.737. The monoisotopic (exact) mass is 365 g/mol. The quantitative estimate of drug-likeness (QED) is 0.723. The average molecular weight is 365 g/mol. The molecule has 0 bridgehead atoms. The van der Waals surface area contributed by atoms with Gasteiger partial charge in [0.2, 0.25) is 0 Å². The molecule has 1 unspecified atom stereocenters. The summed E-state index contributed by atoms with van der Waals surface area (Å²) in [5, 5.41) is 2.86. The highest BCUT2D eigenvalue weighted by atomic mass is 16.5. The summed E-state index contributed by atoms with van der Waals surface area (Å²) in [6, 6.07) is 9.39. The Morgan fingerprint density at radius 3 is 2.89 bits per heavy atom. The number of furan rings is 1. The van der Waals surface area contributed by atoms with Gasteiger partial charge in [-0.3, -0.25) is 4.79 Å². The van der Waals surface area contributed by atoms with E-state index in [1.807, 2.05) is 12.1 Å². The molecule has 0 aliphatic carbocycles. The number of carbonyl (C=O) groups is 1. The molecule has 138 valence electrons. The summed E-state index contributed by atoms with van der Waals surface area (Å²) in [4.78, 5) is 20.3. The lowest BCUT2D eigenvalue weighted by Crippen LogP contribution is -2.34. The Bertz CT molecular complexity index is 939. The molecule has 27 heavy (non-hydrogen) atoms. The molecule has 0 radical (unpaired) electrons. The number of amides is 1. The normalized spacial score (nSPS) is 15.2. The number of benzene rings is 1. The maximum absolute atomic E-state index is 12.2. The number of ether oxygens (including phenoxy) is 2. The van der Waals surface area contributed by atoms with Crippen LogP contribution in [0.5, 0.6) is 5.75 Å². The molecule has 1 aromatic carbocycles. The van der Waals surface area contributed by atoms with Crippen molar-refractivity contribution in [2.75, 3.05) is 13.7 Å². The van der Waals surface area contributed by atoms with Gasteiger partial charge in [-0.1, -0.05) is 6.07 Å². The van der Waals surface area contributed by atoms with E-state index in [2.05, 4.69) is 21.4 Å². The first-order valence-electron chi connectivity index (χ1n) is 8.64. The number of methoxy groups -OCH3 is 1. The highest BCUT2D eigenvalue weighted by molar-refractivity contribution is 5.91. The second kappa shape index (κ2) is 7.59. The Labute approximate surface area is 156 Å². The number of fused-ring (bicyclic) bond motifs is 1. The summed E-state index contributed by atoms with van der Waals surface area (Å²) in [5.74, 6) is 1.46. The summed E-state index contributed by atoms with van der Waals surface area (Å²) in [5.41, 5.74) is 3.11. The Morgan fingerprint density at radius 1 is 1.22 bits per heavy atom. The molecule has 3 aromatic rings. The van der Waals surface area contributed by atoms with Crippen LogP contribution in [0.4, 0.5) is 0 Å². The number of hydrogen-bond donors (Lipinski definition) is 1. The third-order valence-corrected chi connectivity index (χ3v) is 4.36. The number of rotatable bonds is 6. The molecule has 2 aromatic heterocycles. The minimum absolute atomic E-state index is 0.111. The number of aromatic nitrogens is 2. The molecule has 0 saturated heterocycles. The molecule has 0 saturated carbocycles. The molecule has 3 heterocycles. The predicted octanol–water partition coefficient (Wildman–Crippen LogP) is 2.62. The van der Waals surface area contributed by atoms with Crippen molar-refractivity contribution in [2.45, 2.75) is 19.1 Å². The minimum Gasteiger partial charge on any atom is -0.488 e. The van der Waals surface area contributed by atoms with Gasteiger partial charge in [-0.15, -0.1) is 0 Å². The first kappa shape index (κ1) is 17.2. The Balaban J connectivity index is 1.36. The largest absolute Gasteiger partial charge is 0.488 e. The first-order chi connectivity index (χ1) is 13.2. The first-order valence-corrected chi connectivity index (χ1v) is 8.64. The zero-order chi connectivity index (χ0) is 18.6. The molecular formula is C20H19N3O4. The van der Waals surface area contributed by atoms with Crippen molar-refractivity contribution in [1.29, 1.82) is 0 Å². The zero-order valence-electron chi connectivity index (χ0n) is 14.8. The number of nitrogens with zero attached hydrogens (tertiary/aromatic N) is 2. The summed E-state index contributed by atoms with van der Waals surface area (Å²) in [6.07, 6.45) is 5.69. The molecule has 0 spiro atoms. The van der Waals surface area contributed by atoms with Gasteiger partial charge in [-0.05, 0) is 35.4 Å². The summed E-state index contributed by atoms with van der Waals surface area (Å²) in [7, 11) is 1.58. The molecule has 1 N–H and O–H groups in total. The molecule has 7 heteroatoms. The fourth-order valence-electron chi connectivity index (χ4n) is 3.08. The van der Waals surface area contributed by atoms with Crippen molar-refractivity contribution in [3.63, 3.8) is 0 Å². The molecule has 1 aliphatic rings. The van der Waals surface area contributed by atoms with Crippen LogP contribution in [-0.4, -0.2) is 35.6 Å². The van der Waals surface area contributed by atoms with E-state index < -0.39 is 0 Å². The van der Waals surface area contributed by atoms with Gasteiger partial charge in [0.25, 0.3) is 5.91 Å². The van der Waals surface area contributed by atoms with Crippen molar-refractivity contribution in [1.82, 2.24) is 15.3 Å². The van der Waals surface area contributed by atoms with E-state index in [-0.39, 0.29) is 17.8 Å². The van der Waals surface area contributed by atoms with Crippen molar-refractivity contribution in [2.24, 2.45) is 0 Å². The molecule has 1 aliphatic heterocycles. The maximum atomic E-state index is 12.2. The van der Waals surface area contributed by atoms with E-state index in [0.717, 1.165) is 28.9 Å². The molecule has 1 amide bonds.